The van der Waals surface area contributed by atoms with Gasteiger partial charge in [0.1, 0.15) is 10.7 Å². The Morgan fingerprint density at radius 3 is 3.08 bits per heavy atom. The highest BCUT2D eigenvalue weighted by Gasteiger charge is 2.13. The third kappa shape index (κ3) is 3.62. The molecule has 0 saturated heterocycles. The number of amides is 1. The van der Waals surface area contributed by atoms with Gasteiger partial charge in [-0.1, -0.05) is 12.2 Å². The molecule has 0 spiro atoms. The molecule has 1 amide bonds. The van der Waals surface area contributed by atoms with Crippen molar-refractivity contribution in [2.75, 3.05) is 0 Å². The zero-order valence-corrected chi connectivity index (χ0v) is 14.6. The Labute approximate surface area is 143 Å². The number of hydrazone groups is 1. The number of hydrogen-bond donors (Lipinski definition) is 2. The van der Waals surface area contributed by atoms with Crippen molar-refractivity contribution in [3.63, 3.8) is 0 Å². The van der Waals surface area contributed by atoms with Gasteiger partial charge in [-0.2, -0.15) is 5.10 Å². The van der Waals surface area contributed by atoms with Gasteiger partial charge in [0.2, 0.25) is 5.91 Å². The van der Waals surface area contributed by atoms with Crippen LogP contribution in [0.2, 0.25) is 0 Å². The lowest BCUT2D eigenvalue weighted by Crippen LogP contribution is -2.23. The molecule has 1 atom stereocenters. The highest BCUT2D eigenvalue weighted by molar-refractivity contribution is 7.18. The normalized spacial score (nSPS) is 17.7. The van der Waals surface area contributed by atoms with Gasteiger partial charge in [0, 0.05) is 11.1 Å². The summed E-state index contributed by atoms with van der Waals surface area (Å²) in [6.45, 7) is 3.87. The van der Waals surface area contributed by atoms with Crippen molar-refractivity contribution in [3.05, 3.63) is 38.8 Å². The molecule has 2 N–H and O–H groups in total. The fraction of sp³-hybridized carbons (Fsp3) is 0.412. The molecule has 0 aliphatic heterocycles. The van der Waals surface area contributed by atoms with Gasteiger partial charge in [-0.3, -0.25) is 9.59 Å². The molecule has 24 heavy (non-hydrogen) atoms. The second-order valence-electron chi connectivity index (χ2n) is 6.01. The topological polar surface area (TPSA) is 87.2 Å². The van der Waals surface area contributed by atoms with Crippen LogP contribution >= 0.6 is 11.3 Å². The number of carbonyl (C=O) groups is 1. The lowest BCUT2D eigenvalue weighted by molar-refractivity contribution is -0.120. The first-order valence-corrected chi connectivity index (χ1v) is 8.82. The van der Waals surface area contributed by atoms with Crippen molar-refractivity contribution in [1.29, 1.82) is 0 Å². The summed E-state index contributed by atoms with van der Waals surface area (Å²) in [6, 6.07) is 0. The Balaban J connectivity index is 1.66. The fourth-order valence-electron chi connectivity index (χ4n) is 2.74. The van der Waals surface area contributed by atoms with E-state index in [2.05, 4.69) is 32.6 Å². The first kappa shape index (κ1) is 16.6. The molecule has 2 heterocycles. The van der Waals surface area contributed by atoms with Crippen molar-refractivity contribution >= 4 is 33.7 Å². The maximum Gasteiger partial charge on any atom is 0.259 e. The van der Waals surface area contributed by atoms with Gasteiger partial charge < -0.3 is 4.98 Å². The van der Waals surface area contributed by atoms with E-state index in [0.29, 0.717) is 22.0 Å². The summed E-state index contributed by atoms with van der Waals surface area (Å²) >= 11 is 1.47. The maximum absolute atomic E-state index is 12.2. The number of nitrogens with one attached hydrogen (secondary N) is 2. The zero-order valence-electron chi connectivity index (χ0n) is 13.8. The smallest absolute Gasteiger partial charge is 0.259 e. The number of hydrogen-bond acceptors (Lipinski definition) is 5. The average molecular weight is 344 g/mol. The highest BCUT2D eigenvalue weighted by atomic mass is 32.1. The summed E-state index contributed by atoms with van der Waals surface area (Å²) in [6.07, 6.45) is 9.15. The number of H-pyrrole nitrogens is 1. The molecule has 0 radical (unpaired) electrons. The molecule has 0 fully saturated rings. The van der Waals surface area contributed by atoms with Crippen molar-refractivity contribution < 1.29 is 4.79 Å². The second-order valence-corrected chi connectivity index (χ2v) is 7.21. The lowest BCUT2D eigenvalue weighted by atomic mass is 9.96. The Morgan fingerprint density at radius 2 is 2.33 bits per heavy atom. The number of nitrogens with zero attached hydrogens (tertiary/aromatic N) is 2. The number of allylic oxidation sites excluding steroid dienone is 2. The van der Waals surface area contributed by atoms with Crippen LogP contribution in [-0.2, 0) is 11.2 Å². The first-order valence-electron chi connectivity index (χ1n) is 8.00. The van der Waals surface area contributed by atoms with Gasteiger partial charge in [0.05, 0.1) is 11.8 Å². The van der Waals surface area contributed by atoms with Crippen LogP contribution < -0.4 is 11.0 Å². The van der Waals surface area contributed by atoms with Crippen LogP contribution in [-0.4, -0.2) is 22.1 Å². The van der Waals surface area contributed by atoms with Crippen LogP contribution in [0.1, 0.15) is 35.5 Å². The van der Waals surface area contributed by atoms with Gasteiger partial charge in [-0.05, 0) is 44.6 Å². The quantitative estimate of drug-likeness (QED) is 0.508. The van der Waals surface area contributed by atoms with Gasteiger partial charge in [-0.15, -0.1) is 11.3 Å². The van der Waals surface area contributed by atoms with Crippen LogP contribution in [0.4, 0.5) is 0 Å². The van der Waals surface area contributed by atoms with E-state index in [1.54, 1.807) is 6.21 Å². The highest BCUT2D eigenvalue weighted by Crippen LogP contribution is 2.25. The van der Waals surface area contributed by atoms with Gasteiger partial charge >= 0.3 is 0 Å². The minimum absolute atomic E-state index is 0.00306. The van der Waals surface area contributed by atoms with Crippen molar-refractivity contribution in [3.8, 4) is 0 Å². The summed E-state index contributed by atoms with van der Waals surface area (Å²) in [5, 5.41) is 4.63. The van der Waals surface area contributed by atoms with Crippen molar-refractivity contribution in [2.45, 2.75) is 39.5 Å². The van der Waals surface area contributed by atoms with Gasteiger partial charge in [0.15, 0.2) is 0 Å². The molecule has 1 aliphatic carbocycles. The molecule has 2 aromatic rings. The summed E-state index contributed by atoms with van der Waals surface area (Å²) in [5.41, 5.74) is 3.27. The number of carbonyl (C=O) groups excluding carboxylic acids is 1. The molecule has 1 aliphatic rings. The van der Waals surface area contributed by atoms with Gasteiger partial charge in [-0.25, -0.2) is 10.4 Å². The third-order valence-corrected chi connectivity index (χ3v) is 5.30. The minimum atomic E-state index is -0.287. The molecule has 0 unspecified atom stereocenters. The summed E-state index contributed by atoms with van der Waals surface area (Å²) in [5.74, 6) is 0.453. The Kier molecular flexibility index (Phi) is 4.89. The predicted molar refractivity (Wildman–Crippen MR) is 96.5 cm³/mol. The standard InChI is InChI=1S/C17H20N4O2S/c1-10-11(2)24-17-15(10)16(23)19-13(20-17)8-14(22)21-18-9-12-6-4-3-5-7-12/h3-4,9,12H,5-8H2,1-2H3,(H,21,22)(H,19,20,23)/b18-9-/t12-/m1/s1. The second kappa shape index (κ2) is 7.09. The lowest BCUT2D eigenvalue weighted by Gasteiger charge is -2.11. The molecule has 2 aromatic heterocycles. The third-order valence-electron chi connectivity index (χ3n) is 4.20. The van der Waals surface area contributed by atoms with E-state index in [9.17, 15) is 9.59 Å². The molecular formula is C17H20N4O2S. The fourth-order valence-corrected chi connectivity index (χ4v) is 3.79. The van der Waals surface area contributed by atoms with Crippen molar-refractivity contribution in [1.82, 2.24) is 15.4 Å². The number of aromatic nitrogens is 2. The average Bonchev–Trinajstić information content (AvgIpc) is 2.83. The van der Waals surface area contributed by atoms with Crippen molar-refractivity contribution in [2.24, 2.45) is 11.0 Å². The first-order chi connectivity index (χ1) is 11.5. The van der Waals surface area contributed by atoms with Crippen LogP contribution in [0.3, 0.4) is 0 Å². The predicted octanol–water partition coefficient (Wildman–Crippen LogP) is 2.60. The van der Waals surface area contributed by atoms with E-state index in [1.165, 1.54) is 11.3 Å². The Hall–Kier alpha value is -2.28. The van der Waals surface area contributed by atoms with E-state index in [-0.39, 0.29) is 17.9 Å². The summed E-state index contributed by atoms with van der Waals surface area (Å²) < 4.78 is 0. The van der Waals surface area contributed by atoms with E-state index < -0.39 is 0 Å². The number of aromatic amines is 1. The zero-order chi connectivity index (χ0) is 17.1. The number of fused-ring (bicyclic) bond motifs is 1. The van der Waals surface area contributed by atoms with E-state index in [0.717, 1.165) is 29.7 Å². The molecule has 126 valence electrons. The van der Waals surface area contributed by atoms with E-state index >= 15 is 0 Å². The number of thiophene rings is 1. The van der Waals surface area contributed by atoms with E-state index in [1.807, 2.05) is 13.8 Å². The SMILES string of the molecule is Cc1sc2nc(CC(=O)N/N=C\[C@@H]3CC=CCC3)[nH]c(=O)c2c1C. The van der Waals surface area contributed by atoms with E-state index in [4.69, 9.17) is 0 Å². The van der Waals surface area contributed by atoms with Crippen LogP contribution in [0.25, 0.3) is 10.2 Å². The molecule has 0 bridgehead atoms. The Bertz CT molecular complexity index is 879. The molecule has 6 nitrogen and oxygen atoms in total. The maximum atomic E-state index is 12.2. The van der Waals surface area contributed by atoms with Crippen LogP contribution in [0, 0.1) is 19.8 Å². The molecule has 7 heteroatoms. The molecule has 0 aromatic carbocycles. The van der Waals surface area contributed by atoms with Gasteiger partial charge in [0.25, 0.3) is 5.56 Å². The summed E-state index contributed by atoms with van der Waals surface area (Å²) in [4.78, 5) is 33.0. The van der Waals surface area contributed by atoms with Crippen LogP contribution in [0.15, 0.2) is 22.0 Å². The summed E-state index contributed by atoms with van der Waals surface area (Å²) in [7, 11) is 0. The monoisotopic (exact) mass is 344 g/mol. The largest absolute Gasteiger partial charge is 0.309 e. The molecule has 3 rings (SSSR count). The molecular weight excluding hydrogens is 324 g/mol. The Morgan fingerprint density at radius 1 is 1.50 bits per heavy atom. The number of rotatable bonds is 4. The number of aryl methyl sites for hydroxylation is 2. The molecule has 0 saturated carbocycles. The minimum Gasteiger partial charge on any atom is -0.309 e. The van der Waals surface area contributed by atoms with Crippen LogP contribution in [0.5, 0.6) is 0 Å².